The van der Waals surface area contributed by atoms with E-state index in [1.165, 1.54) is 38.9 Å². The van der Waals surface area contributed by atoms with Crippen molar-refractivity contribution >= 4 is 0 Å². The van der Waals surface area contributed by atoms with Crippen LogP contribution in [0.3, 0.4) is 0 Å². The zero-order valence-electron chi connectivity index (χ0n) is 14.1. The van der Waals surface area contributed by atoms with E-state index in [0.29, 0.717) is 12.1 Å². The second-order valence-electron chi connectivity index (χ2n) is 7.20. The summed E-state index contributed by atoms with van der Waals surface area (Å²) >= 11 is 0. The second kappa shape index (κ2) is 8.26. The molecule has 114 valence electrons. The second-order valence-corrected chi connectivity index (χ2v) is 7.20. The van der Waals surface area contributed by atoms with Crippen LogP contribution in [0.25, 0.3) is 0 Å². The molecule has 0 bridgehead atoms. The molecule has 0 saturated carbocycles. The van der Waals surface area contributed by atoms with E-state index in [2.05, 4.69) is 51.8 Å². The summed E-state index contributed by atoms with van der Waals surface area (Å²) in [4.78, 5) is 2.73. The highest BCUT2D eigenvalue weighted by atomic mass is 15.1. The summed E-state index contributed by atoms with van der Waals surface area (Å²) in [5.41, 5.74) is 0. The van der Waals surface area contributed by atoms with Crippen LogP contribution in [0, 0.1) is 17.8 Å². The van der Waals surface area contributed by atoms with Gasteiger partial charge < -0.3 is 10.2 Å². The molecule has 1 saturated heterocycles. The first kappa shape index (κ1) is 17.0. The maximum absolute atomic E-state index is 3.76. The van der Waals surface area contributed by atoms with Crippen LogP contribution in [0.4, 0.5) is 0 Å². The van der Waals surface area contributed by atoms with Gasteiger partial charge in [0.05, 0.1) is 0 Å². The highest BCUT2D eigenvalue weighted by molar-refractivity contribution is 4.79. The van der Waals surface area contributed by atoms with Gasteiger partial charge in [0.25, 0.3) is 0 Å². The van der Waals surface area contributed by atoms with Crippen molar-refractivity contribution in [1.82, 2.24) is 10.2 Å². The van der Waals surface area contributed by atoms with Gasteiger partial charge in [-0.1, -0.05) is 34.6 Å². The summed E-state index contributed by atoms with van der Waals surface area (Å²) in [5.74, 6) is 2.42. The summed E-state index contributed by atoms with van der Waals surface area (Å²) in [6.07, 6.45) is 3.86. The van der Waals surface area contributed by atoms with Crippen LogP contribution in [-0.4, -0.2) is 36.6 Å². The lowest BCUT2D eigenvalue weighted by Crippen LogP contribution is -2.45. The Labute approximate surface area is 121 Å². The van der Waals surface area contributed by atoms with Crippen molar-refractivity contribution in [3.8, 4) is 0 Å². The van der Waals surface area contributed by atoms with Gasteiger partial charge in [0.1, 0.15) is 0 Å². The zero-order valence-corrected chi connectivity index (χ0v) is 14.1. The molecular formula is C17H36N2. The molecule has 2 nitrogen and oxygen atoms in total. The van der Waals surface area contributed by atoms with Crippen molar-refractivity contribution in [2.45, 2.75) is 72.9 Å². The SMILES string of the molecule is CCC1CCN(CC(C(C)C)C(C)C)CCC(C)N1. The van der Waals surface area contributed by atoms with Gasteiger partial charge in [-0.2, -0.15) is 0 Å². The Balaban J connectivity index is 2.55. The van der Waals surface area contributed by atoms with E-state index in [0.717, 1.165) is 17.8 Å². The number of nitrogens with zero attached hydrogens (tertiary/aromatic N) is 1. The summed E-state index contributed by atoms with van der Waals surface area (Å²) in [7, 11) is 0. The molecule has 1 fully saturated rings. The summed E-state index contributed by atoms with van der Waals surface area (Å²) in [5, 5.41) is 3.76. The lowest BCUT2D eigenvalue weighted by atomic mass is 9.85. The maximum Gasteiger partial charge on any atom is 0.00790 e. The van der Waals surface area contributed by atoms with Gasteiger partial charge in [0.15, 0.2) is 0 Å². The van der Waals surface area contributed by atoms with E-state index in [4.69, 9.17) is 0 Å². The molecule has 0 amide bonds. The van der Waals surface area contributed by atoms with Gasteiger partial charge in [-0.05, 0) is 57.0 Å². The highest BCUT2D eigenvalue weighted by Gasteiger charge is 2.23. The molecule has 0 aromatic rings. The largest absolute Gasteiger partial charge is 0.311 e. The van der Waals surface area contributed by atoms with Gasteiger partial charge in [-0.15, -0.1) is 0 Å². The molecule has 0 aliphatic carbocycles. The Morgan fingerprint density at radius 2 is 1.63 bits per heavy atom. The fourth-order valence-corrected chi connectivity index (χ4v) is 3.39. The smallest absolute Gasteiger partial charge is 0.00790 e. The minimum atomic E-state index is 0.671. The number of hydrogen-bond donors (Lipinski definition) is 1. The average molecular weight is 268 g/mol. The minimum absolute atomic E-state index is 0.671. The standard InChI is InChI=1S/C17H36N2/c1-7-16-9-11-19(10-8-15(6)18-16)12-17(13(2)3)14(4)5/h13-18H,7-12H2,1-6H3. The van der Waals surface area contributed by atoms with Gasteiger partial charge in [-0.25, -0.2) is 0 Å². The predicted octanol–water partition coefficient (Wildman–Crippen LogP) is 3.77. The molecule has 2 atom stereocenters. The van der Waals surface area contributed by atoms with E-state index in [1.807, 2.05) is 0 Å². The van der Waals surface area contributed by atoms with Crippen LogP contribution in [0.1, 0.15) is 60.8 Å². The van der Waals surface area contributed by atoms with Crippen molar-refractivity contribution in [1.29, 1.82) is 0 Å². The van der Waals surface area contributed by atoms with E-state index >= 15 is 0 Å². The summed E-state index contributed by atoms with van der Waals surface area (Å²) < 4.78 is 0. The fourth-order valence-electron chi connectivity index (χ4n) is 3.39. The molecule has 1 aliphatic heterocycles. The minimum Gasteiger partial charge on any atom is -0.311 e. The quantitative estimate of drug-likeness (QED) is 0.816. The topological polar surface area (TPSA) is 15.3 Å². The number of nitrogens with one attached hydrogen (secondary N) is 1. The Hall–Kier alpha value is -0.0800. The fraction of sp³-hybridized carbons (Fsp3) is 1.00. The van der Waals surface area contributed by atoms with E-state index < -0.39 is 0 Å². The van der Waals surface area contributed by atoms with Crippen molar-refractivity contribution in [3.05, 3.63) is 0 Å². The third kappa shape index (κ3) is 5.83. The number of hydrogen-bond acceptors (Lipinski definition) is 2. The lowest BCUT2D eigenvalue weighted by molar-refractivity contribution is 0.143. The first-order valence-corrected chi connectivity index (χ1v) is 8.42. The van der Waals surface area contributed by atoms with E-state index in [1.54, 1.807) is 0 Å². The van der Waals surface area contributed by atoms with Gasteiger partial charge in [0.2, 0.25) is 0 Å². The van der Waals surface area contributed by atoms with Crippen molar-refractivity contribution in [2.24, 2.45) is 17.8 Å². The van der Waals surface area contributed by atoms with Crippen LogP contribution >= 0.6 is 0 Å². The van der Waals surface area contributed by atoms with E-state index in [-0.39, 0.29) is 0 Å². The summed E-state index contributed by atoms with van der Waals surface area (Å²) in [6, 6.07) is 1.39. The van der Waals surface area contributed by atoms with E-state index in [9.17, 15) is 0 Å². The Bertz CT molecular complexity index is 229. The Kier molecular flexibility index (Phi) is 7.38. The van der Waals surface area contributed by atoms with Crippen LogP contribution in [-0.2, 0) is 0 Å². The molecule has 1 heterocycles. The van der Waals surface area contributed by atoms with Crippen molar-refractivity contribution in [2.75, 3.05) is 19.6 Å². The van der Waals surface area contributed by atoms with Crippen molar-refractivity contribution < 1.29 is 0 Å². The Morgan fingerprint density at radius 3 is 2.16 bits per heavy atom. The molecule has 0 radical (unpaired) electrons. The zero-order chi connectivity index (χ0) is 14.4. The highest BCUT2D eigenvalue weighted by Crippen LogP contribution is 2.22. The first-order valence-electron chi connectivity index (χ1n) is 8.42. The van der Waals surface area contributed by atoms with Gasteiger partial charge in [0, 0.05) is 18.6 Å². The number of rotatable bonds is 5. The molecule has 0 spiro atoms. The van der Waals surface area contributed by atoms with Gasteiger partial charge in [-0.3, -0.25) is 0 Å². The van der Waals surface area contributed by atoms with Crippen LogP contribution in [0.2, 0.25) is 0 Å². The molecule has 0 aromatic carbocycles. The lowest BCUT2D eigenvalue weighted by Gasteiger charge is -2.36. The third-order valence-corrected chi connectivity index (χ3v) is 4.87. The molecular weight excluding hydrogens is 232 g/mol. The Morgan fingerprint density at radius 1 is 1.05 bits per heavy atom. The predicted molar refractivity (Wildman–Crippen MR) is 85.5 cm³/mol. The molecule has 1 rings (SSSR count). The molecule has 1 N–H and O–H groups in total. The van der Waals surface area contributed by atoms with Crippen LogP contribution < -0.4 is 5.32 Å². The monoisotopic (exact) mass is 268 g/mol. The molecule has 2 heteroatoms. The first-order chi connectivity index (χ1) is 8.93. The van der Waals surface area contributed by atoms with Crippen LogP contribution in [0.15, 0.2) is 0 Å². The molecule has 1 aliphatic rings. The third-order valence-electron chi connectivity index (χ3n) is 4.87. The molecule has 19 heavy (non-hydrogen) atoms. The van der Waals surface area contributed by atoms with Gasteiger partial charge >= 0.3 is 0 Å². The normalized spacial score (nSPS) is 27.0. The molecule has 2 unspecified atom stereocenters. The molecule has 0 aromatic heterocycles. The van der Waals surface area contributed by atoms with Crippen LogP contribution in [0.5, 0.6) is 0 Å². The average Bonchev–Trinajstić information content (AvgIpc) is 2.32. The van der Waals surface area contributed by atoms with Crippen molar-refractivity contribution in [3.63, 3.8) is 0 Å². The summed E-state index contributed by atoms with van der Waals surface area (Å²) in [6.45, 7) is 18.0. The maximum atomic E-state index is 3.76.